The van der Waals surface area contributed by atoms with Crippen LogP contribution in [0, 0.1) is 13.8 Å². The lowest BCUT2D eigenvalue weighted by molar-refractivity contribution is 0.0546. The maximum absolute atomic E-state index is 12.8. The van der Waals surface area contributed by atoms with Gasteiger partial charge in [-0.05, 0) is 38.0 Å². The molecule has 4 heterocycles. The molecule has 1 aliphatic heterocycles. The molecule has 1 fully saturated rings. The molecule has 0 unspecified atom stereocenters. The number of carbonyl (C=O) groups is 1. The second kappa shape index (κ2) is 6.53. The zero-order valence-electron chi connectivity index (χ0n) is 15.1. The number of amides is 1. The van der Waals surface area contributed by atoms with Crippen LogP contribution in [0.4, 0.5) is 0 Å². The average Bonchev–Trinajstić information content (AvgIpc) is 3.32. The minimum absolute atomic E-state index is 0.0962. The minimum Gasteiger partial charge on any atom is -0.376 e. The molecule has 26 heavy (non-hydrogen) atoms. The Labute approximate surface area is 151 Å². The van der Waals surface area contributed by atoms with Crippen LogP contribution in [0.1, 0.15) is 40.0 Å². The SMILES string of the molecule is Cc1ccn2cc(C(=O)N(C)C[C@H]3OCC[C@H]3c3n[nH]c(C)n3)nc2c1. The van der Waals surface area contributed by atoms with Gasteiger partial charge < -0.3 is 14.0 Å². The van der Waals surface area contributed by atoms with Crippen molar-refractivity contribution in [1.29, 1.82) is 0 Å². The van der Waals surface area contributed by atoms with Crippen LogP contribution in [0.2, 0.25) is 0 Å². The molecule has 0 bridgehead atoms. The molecule has 0 aliphatic carbocycles. The molecule has 3 aromatic heterocycles. The van der Waals surface area contributed by atoms with E-state index in [4.69, 9.17) is 4.74 Å². The van der Waals surface area contributed by atoms with Gasteiger partial charge in [0, 0.05) is 32.6 Å². The van der Waals surface area contributed by atoms with Crippen LogP contribution in [0.15, 0.2) is 24.5 Å². The Morgan fingerprint density at radius 3 is 3.04 bits per heavy atom. The molecule has 8 nitrogen and oxygen atoms in total. The van der Waals surface area contributed by atoms with Crippen molar-refractivity contribution in [2.24, 2.45) is 0 Å². The van der Waals surface area contributed by atoms with Crippen LogP contribution < -0.4 is 0 Å². The molecular formula is C18H22N6O2. The van der Waals surface area contributed by atoms with E-state index in [1.54, 1.807) is 18.1 Å². The standard InChI is InChI=1S/C18H22N6O2/c1-11-4-6-24-9-14(20-16(24)8-11)18(25)23(3)10-15-13(5-7-26-15)17-19-12(2)21-22-17/h4,6,8-9,13,15H,5,7,10H2,1-3H3,(H,19,21,22)/t13-,15-/m1/s1. The molecule has 8 heteroatoms. The number of carbonyl (C=O) groups excluding carboxylic acids is 1. The second-order valence-electron chi connectivity index (χ2n) is 6.86. The number of imidazole rings is 1. The van der Waals surface area contributed by atoms with Gasteiger partial charge in [0.1, 0.15) is 17.2 Å². The number of ether oxygens (including phenoxy) is 1. The Morgan fingerprint density at radius 1 is 1.42 bits per heavy atom. The molecule has 136 valence electrons. The number of rotatable bonds is 4. The smallest absolute Gasteiger partial charge is 0.273 e. The van der Waals surface area contributed by atoms with Crippen molar-refractivity contribution >= 4 is 11.6 Å². The van der Waals surface area contributed by atoms with Gasteiger partial charge in [0.05, 0.1) is 12.0 Å². The Bertz CT molecular complexity index is 946. The number of nitrogens with zero attached hydrogens (tertiary/aromatic N) is 5. The highest BCUT2D eigenvalue weighted by molar-refractivity contribution is 5.92. The first-order chi connectivity index (χ1) is 12.5. The van der Waals surface area contributed by atoms with Gasteiger partial charge in [-0.2, -0.15) is 5.10 Å². The molecule has 1 amide bonds. The van der Waals surface area contributed by atoms with Crippen LogP contribution in [0.5, 0.6) is 0 Å². The third kappa shape index (κ3) is 3.08. The van der Waals surface area contributed by atoms with Crippen LogP contribution in [-0.2, 0) is 4.74 Å². The molecule has 0 aromatic carbocycles. The number of H-pyrrole nitrogens is 1. The van der Waals surface area contributed by atoms with Crippen molar-refractivity contribution in [3.05, 3.63) is 47.4 Å². The highest BCUT2D eigenvalue weighted by Gasteiger charge is 2.34. The second-order valence-corrected chi connectivity index (χ2v) is 6.86. The highest BCUT2D eigenvalue weighted by Crippen LogP contribution is 2.29. The van der Waals surface area contributed by atoms with E-state index in [1.807, 2.05) is 36.6 Å². The molecule has 4 rings (SSSR count). The summed E-state index contributed by atoms with van der Waals surface area (Å²) >= 11 is 0. The van der Waals surface area contributed by atoms with E-state index in [-0.39, 0.29) is 17.9 Å². The lowest BCUT2D eigenvalue weighted by Crippen LogP contribution is -2.36. The zero-order chi connectivity index (χ0) is 18.3. The van der Waals surface area contributed by atoms with E-state index >= 15 is 0 Å². The van der Waals surface area contributed by atoms with E-state index < -0.39 is 0 Å². The molecule has 1 N–H and O–H groups in total. The van der Waals surface area contributed by atoms with E-state index in [0.29, 0.717) is 18.8 Å². The summed E-state index contributed by atoms with van der Waals surface area (Å²) in [5.74, 6) is 1.52. The summed E-state index contributed by atoms with van der Waals surface area (Å²) in [5.41, 5.74) is 2.31. The van der Waals surface area contributed by atoms with Crippen molar-refractivity contribution in [1.82, 2.24) is 29.5 Å². The summed E-state index contributed by atoms with van der Waals surface area (Å²) < 4.78 is 7.71. The predicted octanol–water partition coefficient (Wildman–Crippen LogP) is 1.71. The maximum Gasteiger partial charge on any atom is 0.273 e. The Morgan fingerprint density at radius 2 is 2.27 bits per heavy atom. The Kier molecular flexibility index (Phi) is 4.20. The normalized spacial score (nSPS) is 20.0. The Balaban J connectivity index is 1.49. The van der Waals surface area contributed by atoms with Crippen LogP contribution in [0.25, 0.3) is 5.65 Å². The molecule has 1 saturated heterocycles. The first-order valence-corrected chi connectivity index (χ1v) is 8.72. The fraction of sp³-hybridized carbons (Fsp3) is 0.444. The number of nitrogens with one attached hydrogen (secondary N) is 1. The number of hydrogen-bond donors (Lipinski definition) is 1. The first kappa shape index (κ1) is 16.7. The summed E-state index contributed by atoms with van der Waals surface area (Å²) in [4.78, 5) is 23.3. The van der Waals surface area contributed by atoms with E-state index in [0.717, 1.165) is 29.3 Å². The molecule has 3 aromatic rings. The van der Waals surface area contributed by atoms with E-state index in [1.165, 1.54) is 0 Å². The number of aryl methyl sites for hydroxylation is 2. The van der Waals surface area contributed by atoms with Crippen LogP contribution in [-0.4, -0.2) is 61.7 Å². The number of aromatic amines is 1. The number of pyridine rings is 1. The monoisotopic (exact) mass is 354 g/mol. The fourth-order valence-electron chi connectivity index (χ4n) is 3.38. The van der Waals surface area contributed by atoms with Crippen LogP contribution in [0.3, 0.4) is 0 Å². The van der Waals surface area contributed by atoms with E-state index in [2.05, 4.69) is 20.2 Å². The lowest BCUT2D eigenvalue weighted by atomic mass is 10.0. The topological polar surface area (TPSA) is 88.4 Å². The third-order valence-electron chi connectivity index (χ3n) is 4.79. The van der Waals surface area contributed by atoms with Gasteiger partial charge in [-0.15, -0.1) is 0 Å². The Hall–Kier alpha value is -2.74. The third-order valence-corrected chi connectivity index (χ3v) is 4.79. The van der Waals surface area contributed by atoms with Crippen molar-refractivity contribution in [2.75, 3.05) is 20.2 Å². The molecule has 0 spiro atoms. The van der Waals surface area contributed by atoms with Gasteiger partial charge in [-0.25, -0.2) is 9.97 Å². The number of aromatic nitrogens is 5. The maximum atomic E-state index is 12.8. The summed E-state index contributed by atoms with van der Waals surface area (Å²) in [7, 11) is 1.78. The zero-order valence-corrected chi connectivity index (χ0v) is 15.1. The molecular weight excluding hydrogens is 332 g/mol. The molecule has 2 atom stereocenters. The van der Waals surface area contributed by atoms with Gasteiger partial charge in [0.25, 0.3) is 5.91 Å². The van der Waals surface area contributed by atoms with Crippen molar-refractivity contribution in [2.45, 2.75) is 32.3 Å². The van der Waals surface area contributed by atoms with Gasteiger partial charge in [0.15, 0.2) is 5.82 Å². The van der Waals surface area contributed by atoms with Gasteiger partial charge in [0.2, 0.25) is 0 Å². The summed E-state index contributed by atoms with van der Waals surface area (Å²) in [6.07, 6.45) is 4.42. The molecule has 0 saturated carbocycles. The predicted molar refractivity (Wildman–Crippen MR) is 95.1 cm³/mol. The molecule has 1 aliphatic rings. The summed E-state index contributed by atoms with van der Waals surface area (Å²) in [6.45, 7) is 5.01. The minimum atomic E-state index is -0.119. The highest BCUT2D eigenvalue weighted by atomic mass is 16.5. The first-order valence-electron chi connectivity index (χ1n) is 8.72. The largest absolute Gasteiger partial charge is 0.376 e. The number of fused-ring (bicyclic) bond motifs is 1. The van der Waals surface area contributed by atoms with Crippen molar-refractivity contribution in [3.63, 3.8) is 0 Å². The van der Waals surface area contributed by atoms with Gasteiger partial charge in [-0.1, -0.05) is 0 Å². The van der Waals surface area contributed by atoms with Crippen molar-refractivity contribution in [3.8, 4) is 0 Å². The number of likely N-dealkylation sites (N-methyl/N-ethyl adjacent to an activating group) is 1. The van der Waals surface area contributed by atoms with Crippen molar-refractivity contribution < 1.29 is 9.53 Å². The fourth-order valence-corrected chi connectivity index (χ4v) is 3.38. The number of hydrogen-bond acceptors (Lipinski definition) is 5. The van der Waals surface area contributed by atoms with Crippen LogP contribution >= 0.6 is 0 Å². The summed E-state index contributed by atoms with van der Waals surface area (Å²) in [6, 6.07) is 3.95. The quantitative estimate of drug-likeness (QED) is 0.771. The average molecular weight is 354 g/mol. The molecule has 0 radical (unpaired) electrons. The lowest BCUT2D eigenvalue weighted by Gasteiger charge is -2.23. The summed E-state index contributed by atoms with van der Waals surface area (Å²) in [5, 5.41) is 7.14. The van der Waals surface area contributed by atoms with Gasteiger partial charge in [-0.3, -0.25) is 9.89 Å². The van der Waals surface area contributed by atoms with E-state index in [9.17, 15) is 4.79 Å². The van der Waals surface area contributed by atoms with Gasteiger partial charge >= 0.3 is 0 Å².